The van der Waals surface area contributed by atoms with Crippen molar-refractivity contribution in [1.82, 2.24) is 0 Å². The number of alkyl halides is 1. The van der Waals surface area contributed by atoms with E-state index in [0.29, 0.717) is 11.8 Å². The second-order valence-electron chi connectivity index (χ2n) is 3.62. The summed E-state index contributed by atoms with van der Waals surface area (Å²) in [6.45, 7) is 2.01. The second kappa shape index (κ2) is 2.47. The van der Waals surface area contributed by atoms with Gasteiger partial charge in [-0.1, -0.05) is 31.2 Å². The lowest BCUT2D eigenvalue weighted by molar-refractivity contribution is 0.262. The van der Waals surface area contributed by atoms with Crippen LogP contribution >= 0.6 is 0 Å². The SMILES string of the molecule is C[C@H]1C(F)CC2C=CC=CC21. The third-order valence-electron chi connectivity index (χ3n) is 2.97. The second-order valence-corrected chi connectivity index (χ2v) is 3.62. The van der Waals surface area contributed by atoms with Gasteiger partial charge in [0.1, 0.15) is 6.17 Å². The summed E-state index contributed by atoms with van der Waals surface area (Å²) in [6, 6.07) is 0. The lowest BCUT2D eigenvalue weighted by Crippen LogP contribution is -2.12. The van der Waals surface area contributed by atoms with Gasteiger partial charge in [0.05, 0.1) is 0 Å². The van der Waals surface area contributed by atoms with Crippen LogP contribution in [-0.2, 0) is 0 Å². The van der Waals surface area contributed by atoms with Crippen LogP contribution in [0.5, 0.6) is 0 Å². The molecule has 0 aliphatic heterocycles. The average molecular weight is 152 g/mol. The van der Waals surface area contributed by atoms with Crippen molar-refractivity contribution >= 4 is 0 Å². The van der Waals surface area contributed by atoms with Crippen molar-refractivity contribution in [2.75, 3.05) is 0 Å². The molecule has 3 unspecified atom stereocenters. The van der Waals surface area contributed by atoms with Crippen LogP contribution in [0.1, 0.15) is 13.3 Å². The molecule has 11 heavy (non-hydrogen) atoms. The standard InChI is InChI=1S/C10H13F/c1-7-9-5-3-2-4-8(9)6-10(7)11/h2-5,7-10H,6H2,1H3/t7-,8?,9?,10?/m1/s1. The van der Waals surface area contributed by atoms with Gasteiger partial charge in [0.15, 0.2) is 0 Å². The van der Waals surface area contributed by atoms with E-state index in [0.717, 1.165) is 6.42 Å². The number of allylic oxidation sites excluding steroid dienone is 4. The fourth-order valence-corrected chi connectivity index (χ4v) is 2.19. The van der Waals surface area contributed by atoms with Gasteiger partial charge in [-0.15, -0.1) is 0 Å². The third kappa shape index (κ3) is 1.03. The highest BCUT2D eigenvalue weighted by atomic mass is 19.1. The summed E-state index contributed by atoms with van der Waals surface area (Å²) in [5.41, 5.74) is 0. The van der Waals surface area contributed by atoms with Gasteiger partial charge in [0.25, 0.3) is 0 Å². The number of fused-ring (bicyclic) bond motifs is 1. The Kier molecular flexibility index (Phi) is 1.59. The number of halogens is 1. The van der Waals surface area contributed by atoms with Crippen molar-refractivity contribution in [1.29, 1.82) is 0 Å². The molecule has 1 fully saturated rings. The molecule has 0 heterocycles. The van der Waals surface area contributed by atoms with Crippen molar-refractivity contribution in [3.8, 4) is 0 Å². The Morgan fingerprint density at radius 2 is 2.00 bits per heavy atom. The molecule has 60 valence electrons. The Bertz CT molecular complexity index is 205. The first kappa shape index (κ1) is 7.08. The largest absolute Gasteiger partial charge is 0.247 e. The van der Waals surface area contributed by atoms with E-state index in [4.69, 9.17) is 0 Å². The summed E-state index contributed by atoms with van der Waals surface area (Å²) in [7, 11) is 0. The lowest BCUT2D eigenvalue weighted by Gasteiger charge is -2.17. The van der Waals surface area contributed by atoms with Gasteiger partial charge in [-0.2, -0.15) is 0 Å². The molecule has 0 bridgehead atoms. The predicted octanol–water partition coefficient (Wildman–Crippen LogP) is 2.72. The van der Waals surface area contributed by atoms with E-state index in [1.165, 1.54) is 0 Å². The minimum atomic E-state index is -0.586. The van der Waals surface area contributed by atoms with Crippen molar-refractivity contribution in [2.24, 2.45) is 17.8 Å². The summed E-state index contributed by atoms with van der Waals surface area (Å²) >= 11 is 0. The van der Waals surface area contributed by atoms with E-state index in [-0.39, 0.29) is 5.92 Å². The van der Waals surface area contributed by atoms with E-state index < -0.39 is 6.17 Å². The maximum atomic E-state index is 13.2. The topological polar surface area (TPSA) is 0 Å². The molecular weight excluding hydrogens is 139 g/mol. The molecule has 0 aromatic rings. The maximum Gasteiger partial charge on any atom is 0.104 e. The molecule has 0 amide bonds. The molecule has 2 rings (SSSR count). The molecule has 2 aliphatic rings. The highest BCUT2D eigenvalue weighted by Gasteiger charge is 2.38. The van der Waals surface area contributed by atoms with Gasteiger partial charge < -0.3 is 0 Å². The number of hydrogen-bond donors (Lipinski definition) is 0. The van der Waals surface area contributed by atoms with Crippen LogP contribution in [-0.4, -0.2) is 6.17 Å². The molecular formula is C10H13F. The first-order valence-electron chi connectivity index (χ1n) is 4.28. The summed E-state index contributed by atoms with van der Waals surface area (Å²) in [5.74, 6) is 1.17. The number of rotatable bonds is 0. The van der Waals surface area contributed by atoms with Gasteiger partial charge in [0, 0.05) is 0 Å². The Balaban J connectivity index is 2.20. The van der Waals surface area contributed by atoms with Crippen LogP contribution in [0.4, 0.5) is 4.39 Å². The van der Waals surface area contributed by atoms with Crippen LogP contribution in [0, 0.1) is 17.8 Å². The summed E-state index contributed by atoms with van der Waals surface area (Å²) in [4.78, 5) is 0. The smallest absolute Gasteiger partial charge is 0.104 e. The van der Waals surface area contributed by atoms with Gasteiger partial charge in [-0.3, -0.25) is 0 Å². The molecule has 1 saturated carbocycles. The Labute approximate surface area is 66.8 Å². The molecule has 0 radical (unpaired) electrons. The van der Waals surface area contributed by atoms with Crippen molar-refractivity contribution in [3.63, 3.8) is 0 Å². The van der Waals surface area contributed by atoms with E-state index in [2.05, 4.69) is 12.2 Å². The summed E-state index contributed by atoms with van der Waals surface area (Å²) in [5, 5.41) is 0. The van der Waals surface area contributed by atoms with Crippen LogP contribution in [0.25, 0.3) is 0 Å². The monoisotopic (exact) mass is 152 g/mol. The zero-order valence-electron chi connectivity index (χ0n) is 6.70. The zero-order valence-corrected chi connectivity index (χ0v) is 6.70. The van der Waals surface area contributed by atoms with Gasteiger partial charge in [-0.25, -0.2) is 4.39 Å². The average Bonchev–Trinajstić information content (AvgIpc) is 2.30. The molecule has 0 N–H and O–H groups in total. The van der Waals surface area contributed by atoms with Gasteiger partial charge >= 0.3 is 0 Å². The van der Waals surface area contributed by atoms with Gasteiger partial charge in [-0.05, 0) is 24.2 Å². The number of hydrogen-bond acceptors (Lipinski definition) is 0. The van der Waals surface area contributed by atoms with Crippen LogP contribution in [0.15, 0.2) is 24.3 Å². The zero-order chi connectivity index (χ0) is 7.84. The van der Waals surface area contributed by atoms with Crippen molar-refractivity contribution in [3.05, 3.63) is 24.3 Å². The normalized spacial score (nSPS) is 47.8. The minimum absolute atomic E-state index is 0.223. The Hall–Kier alpha value is -0.590. The molecule has 4 atom stereocenters. The predicted molar refractivity (Wildman–Crippen MR) is 43.9 cm³/mol. The van der Waals surface area contributed by atoms with Crippen LogP contribution in [0.3, 0.4) is 0 Å². The summed E-state index contributed by atoms with van der Waals surface area (Å²) < 4.78 is 13.2. The summed E-state index contributed by atoms with van der Waals surface area (Å²) in [6.07, 6.45) is 8.50. The fraction of sp³-hybridized carbons (Fsp3) is 0.600. The molecule has 0 aromatic heterocycles. The highest BCUT2D eigenvalue weighted by molar-refractivity contribution is 5.18. The highest BCUT2D eigenvalue weighted by Crippen LogP contribution is 2.41. The lowest BCUT2D eigenvalue weighted by atomic mass is 9.87. The van der Waals surface area contributed by atoms with Crippen LogP contribution in [0.2, 0.25) is 0 Å². The van der Waals surface area contributed by atoms with E-state index in [9.17, 15) is 4.39 Å². The molecule has 0 aromatic carbocycles. The Morgan fingerprint density at radius 3 is 2.73 bits per heavy atom. The maximum absolute atomic E-state index is 13.2. The first-order chi connectivity index (χ1) is 5.29. The van der Waals surface area contributed by atoms with E-state index in [1.807, 2.05) is 19.1 Å². The van der Waals surface area contributed by atoms with Crippen LogP contribution < -0.4 is 0 Å². The van der Waals surface area contributed by atoms with Crippen molar-refractivity contribution < 1.29 is 4.39 Å². The first-order valence-corrected chi connectivity index (χ1v) is 4.28. The van der Waals surface area contributed by atoms with E-state index in [1.54, 1.807) is 0 Å². The third-order valence-corrected chi connectivity index (χ3v) is 2.97. The quantitative estimate of drug-likeness (QED) is 0.500. The Morgan fingerprint density at radius 1 is 1.27 bits per heavy atom. The van der Waals surface area contributed by atoms with Gasteiger partial charge in [0.2, 0.25) is 0 Å². The van der Waals surface area contributed by atoms with E-state index >= 15 is 0 Å². The molecule has 2 aliphatic carbocycles. The fourth-order valence-electron chi connectivity index (χ4n) is 2.19. The molecule has 1 heteroatoms. The molecule has 0 spiro atoms. The minimum Gasteiger partial charge on any atom is -0.247 e. The molecule has 0 nitrogen and oxygen atoms in total. The van der Waals surface area contributed by atoms with Crippen molar-refractivity contribution in [2.45, 2.75) is 19.5 Å². The molecule has 0 saturated heterocycles.